The Bertz CT molecular complexity index is 574. The first-order valence-electron chi connectivity index (χ1n) is 7.75. The minimum atomic E-state index is -0.276. The molecule has 2 aromatic rings. The van der Waals surface area contributed by atoms with Crippen molar-refractivity contribution in [3.8, 4) is 0 Å². The number of alkyl halides is 1. The van der Waals surface area contributed by atoms with E-state index in [0.717, 1.165) is 25.7 Å². The summed E-state index contributed by atoms with van der Waals surface area (Å²) in [6.07, 6.45) is 8.23. The van der Waals surface area contributed by atoms with Crippen LogP contribution in [0.5, 0.6) is 0 Å². The number of benzene rings is 1. The van der Waals surface area contributed by atoms with Crippen LogP contribution in [0.4, 0.5) is 10.1 Å². The zero-order valence-electron chi connectivity index (χ0n) is 12.2. The van der Waals surface area contributed by atoms with Crippen molar-refractivity contribution in [3.05, 3.63) is 36.7 Å². The van der Waals surface area contributed by atoms with Gasteiger partial charge in [0.15, 0.2) is 0 Å². The lowest BCUT2D eigenvalue weighted by molar-refractivity contribution is 0.339. The molecule has 1 aromatic carbocycles. The number of pyridine rings is 1. The number of anilines is 1. The van der Waals surface area contributed by atoms with Crippen LogP contribution in [0.2, 0.25) is 0 Å². The van der Waals surface area contributed by atoms with Gasteiger partial charge in [-0.1, -0.05) is 12.1 Å². The van der Waals surface area contributed by atoms with E-state index in [9.17, 15) is 4.39 Å². The summed E-state index contributed by atoms with van der Waals surface area (Å²) < 4.78 is 12.2. The number of nitrogens with one attached hydrogen (secondary N) is 2. The van der Waals surface area contributed by atoms with E-state index >= 15 is 0 Å². The molecular formula is C17H22FN3. The molecule has 0 saturated heterocycles. The molecule has 1 heterocycles. The number of rotatable bonds is 5. The Kier molecular flexibility index (Phi) is 4.65. The third kappa shape index (κ3) is 3.50. The zero-order valence-corrected chi connectivity index (χ0v) is 12.2. The molecule has 1 saturated carbocycles. The molecule has 0 amide bonds. The van der Waals surface area contributed by atoms with Gasteiger partial charge in [0.1, 0.15) is 6.67 Å². The Morgan fingerprint density at radius 3 is 2.71 bits per heavy atom. The van der Waals surface area contributed by atoms with Crippen LogP contribution in [-0.2, 0) is 0 Å². The lowest BCUT2D eigenvalue weighted by atomic mass is 9.91. The normalized spacial score (nSPS) is 22.3. The second kappa shape index (κ2) is 6.85. The SMILES string of the molecule is FCCN[C@H]1CC[C@H](Nc2cccc3cnccc23)CC1. The fraction of sp³-hybridized carbons (Fsp3) is 0.471. The average molecular weight is 287 g/mol. The molecule has 0 spiro atoms. The molecule has 0 atom stereocenters. The molecular weight excluding hydrogens is 265 g/mol. The maximum atomic E-state index is 12.2. The minimum Gasteiger partial charge on any atom is -0.382 e. The van der Waals surface area contributed by atoms with Gasteiger partial charge in [0.2, 0.25) is 0 Å². The van der Waals surface area contributed by atoms with Crippen LogP contribution in [0.1, 0.15) is 25.7 Å². The van der Waals surface area contributed by atoms with E-state index in [0.29, 0.717) is 18.6 Å². The van der Waals surface area contributed by atoms with Crippen molar-refractivity contribution in [3.63, 3.8) is 0 Å². The molecule has 21 heavy (non-hydrogen) atoms. The maximum Gasteiger partial charge on any atom is 0.102 e. The van der Waals surface area contributed by atoms with Gasteiger partial charge in [-0.15, -0.1) is 0 Å². The van der Waals surface area contributed by atoms with E-state index in [2.05, 4.69) is 39.9 Å². The van der Waals surface area contributed by atoms with Gasteiger partial charge >= 0.3 is 0 Å². The third-order valence-corrected chi connectivity index (χ3v) is 4.30. The van der Waals surface area contributed by atoms with Crippen molar-refractivity contribution in [2.45, 2.75) is 37.8 Å². The Balaban J connectivity index is 1.62. The minimum absolute atomic E-state index is 0.276. The number of nitrogens with zero attached hydrogens (tertiary/aromatic N) is 1. The molecule has 0 radical (unpaired) electrons. The summed E-state index contributed by atoms with van der Waals surface area (Å²) in [5, 5.41) is 9.34. The summed E-state index contributed by atoms with van der Waals surface area (Å²) in [6, 6.07) is 9.34. The molecule has 4 heteroatoms. The first-order chi connectivity index (χ1) is 10.4. The van der Waals surface area contributed by atoms with E-state index in [1.165, 1.54) is 16.5 Å². The van der Waals surface area contributed by atoms with Crippen molar-refractivity contribution in [2.24, 2.45) is 0 Å². The van der Waals surface area contributed by atoms with E-state index in [1.807, 2.05) is 12.4 Å². The fourth-order valence-electron chi connectivity index (χ4n) is 3.17. The summed E-state index contributed by atoms with van der Waals surface area (Å²) in [5.74, 6) is 0. The molecule has 1 aliphatic rings. The number of halogens is 1. The van der Waals surface area contributed by atoms with Crippen LogP contribution in [0.25, 0.3) is 10.8 Å². The van der Waals surface area contributed by atoms with Gasteiger partial charge in [-0.2, -0.15) is 0 Å². The van der Waals surface area contributed by atoms with E-state index < -0.39 is 0 Å². The Labute approximate surface area is 125 Å². The summed E-state index contributed by atoms with van der Waals surface area (Å²) in [4.78, 5) is 4.17. The smallest absolute Gasteiger partial charge is 0.102 e. The maximum absolute atomic E-state index is 12.2. The quantitative estimate of drug-likeness (QED) is 0.883. The van der Waals surface area contributed by atoms with Gasteiger partial charge in [0, 0.05) is 47.5 Å². The van der Waals surface area contributed by atoms with Crippen LogP contribution >= 0.6 is 0 Å². The highest BCUT2D eigenvalue weighted by Crippen LogP contribution is 2.27. The van der Waals surface area contributed by atoms with Crippen LogP contribution in [0.3, 0.4) is 0 Å². The standard InChI is InChI=1S/C17H22FN3/c18-9-11-20-14-4-6-15(7-5-14)21-17-3-1-2-13-12-19-10-8-16(13)17/h1-3,8,10,12,14-15,20-21H,4-7,9,11H2/t14-,15-. The second-order valence-corrected chi connectivity index (χ2v) is 5.74. The van der Waals surface area contributed by atoms with Crippen LogP contribution in [0, 0.1) is 0 Å². The van der Waals surface area contributed by atoms with Gasteiger partial charge in [-0.05, 0) is 37.8 Å². The lowest BCUT2D eigenvalue weighted by Gasteiger charge is -2.30. The topological polar surface area (TPSA) is 37.0 Å². The van der Waals surface area contributed by atoms with Crippen LogP contribution < -0.4 is 10.6 Å². The second-order valence-electron chi connectivity index (χ2n) is 5.74. The summed E-state index contributed by atoms with van der Waals surface area (Å²) in [5.41, 5.74) is 1.19. The molecule has 1 fully saturated rings. The van der Waals surface area contributed by atoms with Crippen molar-refractivity contribution in [2.75, 3.05) is 18.5 Å². The predicted octanol–water partition coefficient (Wildman–Crippen LogP) is 3.52. The highest BCUT2D eigenvalue weighted by molar-refractivity contribution is 5.93. The highest BCUT2D eigenvalue weighted by atomic mass is 19.1. The van der Waals surface area contributed by atoms with Crippen molar-refractivity contribution in [1.82, 2.24) is 10.3 Å². The van der Waals surface area contributed by atoms with E-state index in [-0.39, 0.29) is 6.67 Å². The van der Waals surface area contributed by atoms with Gasteiger partial charge in [0.25, 0.3) is 0 Å². The Morgan fingerprint density at radius 1 is 1.10 bits per heavy atom. The largest absolute Gasteiger partial charge is 0.382 e. The van der Waals surface area contributed by atoms with Crippen LogP contribution in [-0.4, -0.2) is 30.3 Å². The monoisotopic (exact) mass is 287 g/mol. The van der Waals surface area contributed by atoms with E-state index in [1.54, 1.807) is 0 Å². The Morgan fingerprint density at radius 2 is 1.90 bits per heavy atom. The number of fused-ring (bicyclic) bond motifs is 1. The first kappa shape index (κ1) is 14.3. The summed E-state index contributed by atoms with van der Waals surface area (Å²) in [6.45, 7) is 0.210. The highest BCUT2D eigenvalue weighted by Gasteiger charge is 2.20. The fourth-order valence-corrected chi connectivity index (χ4v) is 3.17. The van der Waals surface area contributed by atoms with Crippen molar-refractivity contribution < 1.29 is 4.39 Å². The summed E-state index contributed by atoms with van der Waals surface area (Å²) >= 11 is 0. The van der Waals surface area contributed by atoms with Crippen molar-refractivity contribution >= 4 is 16.5 Å². The van der Waals surface area contributed by atoms with Crippen LogP contribution in [0.15, 0.2) is 36.7 Å². The number of hydrogen-bond acceptors (Lipinski definition) is 3. The molecule has 0 aliphatic heterocycles. The van der Waals surface area contributed by atoms with Gasteiger partial charge in [0.05, 0.1) is 0 Å². The summed E-state index contributed by atoms with van der Waals surface area (Å²) in [7, 11) is 0. The average Bonchev–Trinajstić information content (AvgIpc) is 2.55. The molecule has 1 aromatic heterocycles. The van der Waals surface area contributed by atoms with E-state index in [4.69, 9.17) is 0 Å². The zero-order chi connectivity index (χ0) is 14.5. The van der Waals surface area contributed by atoms with Gasteiger partial charge in [-0.3, -0.25) is 4.98 Å². The molecule has 2 N–H and O–H groups in total. The first-order valence-corrected chi connectivity index (χ1v) is 7.75. The predicted molar refractivity (Wildman–Crippen MR) is 85.4 cm³/mol. The number of aromatic nitrogens is 1. The molecule has 3 rings (SSSR count). The lowest BCUT2D eigenvalue weighted by Crippen LogP contribution is -2.37. The third-order valence-electron chi connectivity index (χ3n) is 4.30. The molecule has 3 nitrogen and oxygen atoms in total. The Hall–Kier alpha value is -1.68. The van der Waals surface area contributed by atoms with Gasteiger partial charge in [-0.25, -0.2) is 4.39 Å². The molecule has 0 bridgehead atoms. The number of hydrogen-bond donors (Lipinski definition) is 2. The van der Waals surface area contributed by atoms with Gasteiger partial charge < -0.3 is 10.6 Å². The molecule has 1 aliphatic carbocycles. The molecule has 0 unspecified atom stereocenters. The van der Waals surface area contributed by atoms with Crippen molar-refractivity contribution in [1.29, 1.82) is 0 Å². The molecule has 112 valence electrons.